The van der Waals surface area contributed by atoms with Gasteiger partial charge in [-0.05, 0) is 33.1 Å². The summed E-state index contributed by atoms with van der Waals surface area (Å²) in [6.45, 7) is 3.69. The molecule has 0 saturated heterocycles. The van der Waals surface area contributed by atoms with Gasteiger partial charge >= 0.3 is 0 Å². The smallest absolute Gasteiger partial charge is 0.242 e. The van der Waals surface area contributed by atoms with Gasteiger partial charge in [-0.15, -0.1) is 0 Å². The zero-order valence-electron chi connectivity index (χ0n) is 9.21. The van der Waals surface area contributed by atoms with E-state index < -0.39 is 11.1 Å². The van der Waals surface area contributed by atoms with Gasteiger partial charge in [0.2, 0.25) is 5.91 Å². The van der Waals surface area contributed by atoms with Crippen molar-refractivity contribution in [1.29, 1.82) is 0 Å². The van der Waals surface area contributed by atoms with Crippen LogP contribution in [0.5, 0.6) is 0 Å². The fraction of sp³-hybridized carbons (Fsp3) is 0.900. The Kier molecular flexibility index (Phi) is 2.88. The molecular formula is C10H20N2O2. The van der Waals surface area contributed by atoms with Crippen molar-refractivity contribution in [2.45, 2.75) is 44.2 Å². The standard InChI is InChI=1S/C10H20N2O2/c1-9(2,14)7-12(3)8(13)10(11)5-4-6-10/h14H,4-7,11H2,1-3H3. The van der Waals surface area contributed by atoms with Gasteiger partial charge in [-0.3, -0.25) is 4.79 Å². The number of aliphatic hydroxyl groups is 1. The average Bonchev–Trinajstić information content (AvgIpc) is 1.95. The summed E-state index contributed by atoms with van der Waals surface area (Å²) in [6.07, 6.45) is 2.56. The highest BCUT2D eigenvalue weighted by Gasteiger charge is 2.42. The highest BCUT2D eigenvalue weighted by molar-refractivity contribution is 5.86. The van der Waals surface area contributed by atoms with Crippen molar-refractivity contribution in [3.63, 3.8) is 0 Å². The van der Waals surface area contributed by atoms with Gasteiger partial charge in [-0.1, -0.05) is 0 Å². The second-order valence-corrected chi connectivity index (χ2v) is 4.98. The molecular weight excluding hydrogens is 180 g/mol. The molecule has 0 spiro atoms. The van der Waals surface area contributed by atoms with Gasteiger partial charge in [0.15, 0.2) is 0 Å². The number of hydrogen-bond acceptors (Lipinski definition) is 3. The molecule has 0 bridgehead atoms. The summed E-state index contributed by atoms with van der Waals surface area (Å²) in [6, 6.07) is 0. The van der Waals surface area contributed by atoms with Crippen molar-refractivity contribution in [2.24, 2.45) is 5.73 Å². The summed E-state index contributed by atoms with van der Waals surface area (Å²) in [5, 5.41) is 9.56. The van der Waals surface area contributed by atoms with Crippen molar-refractivity contribution in [2.75, 3.05) is 13.6 Å². The van der Waals surface area contributed by atoms with Gasteiger partial charge in [0, 0.05) is 13.6 Å². The minimum atomic E-state index is -0.857. The Balaban J connectivity index is 2.52. The highest BCUT2D eigenvalue weighted by atomic mass is 16.3. The Hall–Kier alpha value is -0.610. The van der Waals surface area contributed by atoms with E-state index in [2.05, 4.69) is 0 Å². The van der Waals surface area contributed by atoms with Crippen LogP contribution in [0.25, 0.3) is 0 Å². The lowest BCUT2D eigenvalue weighted by atomic mass is 9.76. The third-order valence-corrected chi connectivity index (χ3v) is 2.64. The Bertz CT molecular complexity index is 229. The van der Waals surface area contributed by atoms with Crippen LogP contribution in [0.15, 0.2) is 0 Å². The lowest BCUT2D eigenvalue weighted by Crippen LogP contribution is -2.60. The fourth-order valence-corrected chi connectivity index (χ4v) is 1.80. The Morgan fingerprint density at radius 3 is 2.36 bits per heavy atom. The summed E-state index contributed by atoms with van der Waals surface area (Å²) >= 11 is 0. The Morgan fingerprint density at radius 2 is 2.07 bits per heavy atom. The van der Waals surface area contributed by atoms with Gasteiger partial charge in [0.05, 0.1) is 11.1 Å². The first-order valence-electron chi connectivity index (χ1n) is 5.01. The molecule has 3 N–H and O–H groups in total. The van der Waals surface area contributed by atoms with Gasteiger partial charge in [-0.2, -0.15) is 0 Å². The lowest BCUT2D eigenvalue weighted by molar-refractivity contribution is -0.141. The van der Waals surface area contributed by atoms with Crippen molar-refractivity contribution >= 4 is 5.91 Å². The van der Waals surface area contributed by atoms with E-state index in [0.29, 0.717) is 6.54 Å². The molecule has 1 amide bonds. The van der Waals surface area contributed by atoms with E-state index in [1.54, 1.807) is 20.9 Å². The number of rotatable bonds is 3. The predicted molar refractivity (Wildman–Crippen MR) is 54.7 cm³/mol. The molecule has 0 aromatic carbocycles. The van der Waals surface area contributed by atoms with E-state index in [1.165, 1.54) is 4.90 Å². The first-order valence-corrected chi connectivity index (χ1v) is 5.01. The van der Waals surface area contributed by atoms with E-state index >= 15 is 0 Å². The van der Waals surface area contributed by atoms with Crippen molar-refractivity contribution in [1.82, 2.24) is 4.90 Å². The molecule has 0 aromatic rings. The number of nitrogens with two attached hydrogens (primary N) is 1. The Morgan fingerprint density at radius 1 is 1.57 bits per heavy atom. The van der Waals surface area contributed by atoms with Crippen LogP contribution >= 0.6 is 0 Å². The van der Waals surface area contributed by atoms with E-state index in [4.69, 9.17) is 5.73 Å². The monoisotopic (exact) mass is 200 g/mol. The summed E-state index contributed by atoms with van der Waals surface area (Å²) in [5.74, 6) is -0.0501. The molecule has 1 fully saturated rings. The number of carbonyl (C=O) groups excluding carboxylic acids is 1. The molecule has 0 atom stereocenters. The highest BCUT2D eigenvalue weighted by Crippen LogP contribution is 2.30. The molecule has 0 radical (unpaired) electrons. The molecule has 1 aliphatic carbocycles. The van der Waals surface area contributed by atoms with Gasteiger partial charge in [0.1, 0.15) is 0 Å². The normalized spacial score (nSPS) is 20.1. The van der Waals surface area contributed by atoms with Crippen LogP contribution in [-0.4, -0.2) is 40.6 Å². The second kappa shape index (κ2) is 3.51. The van der Waals surface area contributed by atoms with Crippen molar-refractivity contribution in [3.05, 3.63) is 0 Å². The molecule has 0 unspecified atom stereocenters. The van der Waals surface area contributed by atoms with Crippen LogP contribution in [0.3, 0.4) is 0 Å². The van der Waals surface area contributed by atoms with Crippen molar-refractivity contribution in [3.8, 4) is 0 Å². The van der Waals surface area contributed by atoms with Gasteiger partial charge < -0.3 is 15.7 Å². The maximum Gasteiger partial charge on any atom is 0.242 e. The van der Waals surface area contributed by atoms with Crippen LogP contribution in [0, 0.1) is 0 Å². The number of likely N-dealkylation sites (N-methyl/N-ethyl adjacent to an activating group) is 1. The molecule has 14 heavy (non-hydrogen) atoms. The molecule has 0 heterocycles. The summed E-state index contributed by atoms with van der Waals surface area (Å²) < 4.78 is 0. The maximum absolute atomic E-state index is 11.8. The van der Waals surface area contributed by atoms with Crippen LogP contribution in [-0.2, 0) is 4.79 Å². The molecule has 0 aliphatic heterocycles. The lowest BCUT2D eigenvalue weighted by Gasteiger charge is -2.40. The minimum absolute atomic E-state index is 0.0501. The number of carbonyl (C=O) groups is 1. The number of hydrogen-bond donors (Lipinski definition) is 2. The SMILES string of the molecule is CN(CC(C)(C)O)C(=O)C1(N)CCC1. The van der Waals surface area contributed by atoms with Crippen LogP contribution in [0.1, 0.15) is 33.1 Å². The number of nitrogens with zero attached hydrogens (tertiary/aromatic N) is 1. The van der Waals surface area contributed by atoms with E-state index in [9.17, 15) is 9.90 Å². The quantitative estimate of drug-likeness (QED) is 0.679. The Labute approximate surface area is 85.1 Å². The van der Waals surface area contributed by atoms with Crippen molar-refractivity contribution < 1.29 is 9.90 Å². The maximum atomic E-state index is 11.8. The molecule has 82 valence electrons. The van der Waals surface area contributed by atoms with Crippen LogP contribution in [0.4, 0.5) is 0 Å². The minimum Gasteiger partial charge on any atom is -0.389 e. The first kappa shape index (κ1) is 11.5. The molecule has 1 aliphatic rings. The molecule has 1 saturated carbocycles. The third-order valence-electron chi connectivity index (χ3n) is 2.64. The zero-order chi connectivity index (χ0) is 11.0. The van der Waals surface area contributed by atoms with E-state index in [0.717, 1.165) is 19.3 Å². The van der Waals surface area contributed by atoms with E-state index in [1.807, 2.05) is 0 Å². The molecule has 4 heteroatoms. The molecule has 0 aromatic heterocycles. The van der Waals surface area contributed by atoms with Crippen LogP contribution < -0.4 is 5.73 Å². The predicted octanol–water partition coefficient (Wildman–Crippen LogP) is 0.0971. The summed E-state index contributed by atoms with van der Waals surface area (Å²) in [5.41, 5.74) is 4.38. The third kappa shape index (κ3) is 2.45. The summed E-state index contributed by atoms with van der Waals surface area (Å²) in [4.78, 5) is 13.3. The largest absolute Gasteiger partial charge is 0.389 e. The van der Waals surface area contributed by atoms with Crippen LogP contribution in [0.2, 0.25) is 0 Å². The van der Waals surface area contributed by atoms with Gasteiger partial charge in [-0.25, -0.2) is 0 Å². The van der Waals surface area contributed by atoms with Gasteiger partial charge in [0.25, 0.3) is 0 Å². The number of amides is 1. The fourth-order valence-electron chi connectivity index (χ4n) is 1.80. The molecule has 4 nitrogen and oxygen atoms in total. The average molecular weight is 200 g/mol. The van der Waals surface area contributed by atoms with E-state index in [-0.39, 0.29) is 5.91 Å². The first-order chi connectivity index (χ1) is 6.25. The molecule has 1 rings (SSSR count). The topological polar surface area (TPSA) is 66.6 Å². The zero-order valence-corrected chi connectivity index (χ0v) is 9.21. The summed E-state index contributed by atoms with van der Waals surface area (Å²) in [7, 11) is 1.69. The second-order valence-electron chi connectivity index (χ2n) is 4.98.